The zero-order valence-corrected chi connectivity index (χ0v) is 16.1. The largest absolute Gasteiger partial charge is 0.468 e. The number of amides is 1. The molecule has 2 fully saturated rings. The van der Waals surface area contributed by atoms with Gasteiger partial charge in [-0.15, -0.1) is 0 Å². The van der Waals surface area contributed by atoms with Gasteiger partial charge < -0.3 is 19.5 Å². The van der Waals surface area contributed by atoms with Crippen LogP contribution in [0, 0.1) is 5.41 Å². The summed E-state index contributed by atoms with van der Waals surface area (Å²) in [6, 6.07) is 2.76. The number of pyridine rings is 1. The van der Waals surface area contributed by atoms with Crippen molar-refractivity contribution in [1.29, 1.82) is 0 Å². The van der Waals surface area contributed by atoms with E-state index in [-0.39, 0.29) is 31.2 Å². The summed E-state index contributed by atoms with van der Waals surface area (Å²) in [5.74, 6) is -0.326. The molecule has 1 saturated heterocycles. The van der Waals surface area contributed by atoms with Crippen molar-refractivity contribution in [1.82, 2.24) is 4.98 Å². The number of alkyl halides is 5. The number of hydrogen-bond donors (Lipinski definition) is 1. The van der Waals surface area contributed by atoms with Crippen molar-refractivity contribution >= 4 is 11.6 Å². The Morgan fingerprint density at radius 3 is 2.43 bits per heavy atom. The van der Waals surface area contributed by atoms with Crippen LogP contribution in [0.25, 0.3) is 0 Å². The van der Waals surface area contributed by atoms with E-state index in [0.717, 1.165) is 0 Å². The van der Waals surface area contributed by atoms with Gasteiger partial charge in [0, 0.05) is 12.6 Å². The topological polar surface area (TPSA) is 71.9 Å². The fourth-order valence-electron chi connectivity index (χ4n) is 3.98. The number of ether oxygens (including phenoxy) is 2. The van der Waals surface area contributed by atoms with Gasteiger partial charge in [0.1, 0.15) is 6.61 Å². The van der Waals surface area contributed by atoms with Gasteiger partial charge in [-0.05, 0) is 38.2 Å². The molecule has 11 heteroatoms. The lowest BCUT2D eigenvalue weighted by atomic mass is 9.68. The normalized spacial score (nSPS) is 27.3. The van der Waals surface area contributed by atoms with Gasteiger partial charge in [-0.25, -0.2) is 13.8 Å². The standard InChI is InChI=1S/C19H23F5N2O4/c20-14(21)10-29-11-18(28)5-3-17(4-6-18)7-8-26(16(17)27)13-1-2-15(25-9-13)30-12-19(22,23)24/h1-2,9,14,28H,3-8,10-12H2. The van der Waals surface area contributed by atoms with Gasteiger partial charge >= 0.3 is 6.18 Å². The van der Waals surface area contributed by atoms with Crippen LogP contribution in [0.3, 0.4) is 0 Å². The van der Waals surface area contributed by atoms with E-state index in [9.17, 15) is 31.9 Å². The van der Waals surface area contributed by atoms with Crippen molar-refractivity contribution in [2.24, 2.45) is 5.41 Å². The smallest absolute Gasteiger partial charge is 0.422 e. The Bertz CT molecular complexity index is 733. The number of nitrogens with zero attached hydrogens (tertiary/aromatic N) is 2. The average Bonchev–Trinajstić information content (AvgIpc) is 2.99. The summed E-state index contributed by atoms with van der Waals surface area (Å²) >= 11 is 0. The zero-order chi connectivity index (χ0) is 22.0. The molecule has 30 heavy (non-hydrogen) atoms. The zero-order valence-electron chi connectivity index (χ0n) is 16.1. The molecule has 1 amide bonds. The molecule has 1 N–H and O–H groups in total. The van der Waals surface area contributed by atoms with Crippen LogP contribution in [0.4, 0.5) is 27.6 Å². The minimum Gasteiger partial charge on any atom is -0.468 e. The summed E-state index contributed by atoms with van der Waals surface area (Å²) in [5, 5.41) is 10.5. The third-order valence-electron chi connectivity index (χ3n) is 5.68. The number of aromatic nitrogens is 1. The highest BCUT2D eigenvalue weighted by Gasteiger charge is 2.51. The van der Waals surface area contributed by atoms with Crippen LogP contribution in [-0.2, 0) is 9.53 Å². The maximum atomic E-state index is 13.0. The van der Waals surface area contributed by atoms with Crippen LogP contribution in [0.1, 0.15) is 32.1 Å². The summed E-state index contributed by atoms with van der Waals surface area (Å²) in [7, 11) is 0. The molecular formula is C19H23F5N2O4. The second-order valence-corrected chi connectivity index (χ2v) is 7.88. The lowest BCUT2D eigenvalue weighted by Crippen LogP contribution is -2.46. The van der Waals surface area contributed by atoms with Crippen molar-refractivity contribution in [3.8, 4) is 5.88 Å². The lowest BCUT2D eigenvalue weighted by Gasteiger charge is -2.40. The predicted octanol–water partition coefficient (Wildman–Crippen LogP) is 3.33. The van der Waals surface area contributed by atoms with E-state index < -0.39 is 36.8 Å². The van der Waals surface area contributed by atoms with Gasteiger partial charge in [0.2, 0.25) is 11.8 Å². The van der Waals surface area contributed by atoms with E-state index in [2.05, 4.69) is 9.72 Å². The Hall–Kier alpha value is -2.01. The van der Waals surface area contributed by atoms with Gasteiger partial charge in [-0.2, -0.15) is 13.2 Å². The van der Waals surface area contributed by atoms with Gasteiger partial charge in [0.15, 0.2) is 6.61 Å². The Balaban J connectivity index is 1.57. The summed E-state index contributed by atoms with van der Waals surface area (Å²) in [6.45, 7) is -1.97. The highest BCUT2D eigenvalue weighted by molar-refractivity contribution is 5.99. The van der Waals surface area contributed by atoms with Crippen LogP contribution in [-0.4, -0.2) is 60.6 Å². The molecule has 1 aromatic heterocycles. The van der Waals surface area contributed by atoms with Crippen LogP contribution < -0.4 is 9.64 Å². The number of hydrogen-bond acceptors (Lipinski definition) is 5. The second kappa shape index (κ2) is 8.62. The van der Waals surface area contributed by atoms with Crippen LogP contribution in [0.15, 0.2) is 18.3 Å². The molecule has 0 aromatic carbocycles. The minimum atomic E-state index is -4.47. The van der Waals surface area contributed by atoms with E-state index in [1.54, 1.807) is 0 Å². The first kappa shape index (κ1) is 22.7. The Labute approximate surface area is 170 Å². The van der Waals surface area contributed by atoms with Crippen molar-refractivity contribution in [3.05, 3.63) is 18.3 Å². The van der Waals surface area contributed by atoms with Crippen molar-refractivity contribution in [2.75, 3.05) is 31.3 Å². The fourth-order valence-corrected chi connectivity index (χ4v) is 3.98. The predicted molar refractivity (Wildman–Crippen MR) is 95.4 cm³/mol. The van der Waals surface area contributed by atoms with E-state index in [1.807, 2.05) is 0 Å². The highest BCUT2D eigenvalue weighted by atomic mass is 19.4. The molecule has 3 rings (SSSR count). The van der Waals surface area contributed by atoms with E-state index in [1.165, 1.54) is 23.2 Å². The maximum absolute atomic E-state index is 13.0. The first-order valence-electron chi connectivity index (χ1n) is 9.58. The molecule has 1 aliphatic heterocycles. The molecule has 1 aliphatic carbocycles. The third kappa shape index (κ3) is 5.37. The Morgan fingerprint density at radius 1 is 1.17 bits per heavy atom. The van der Waals surface area contributed by atoms with E-state index >= 15 is 0 Å². The Kier molecular flexibility index (Phi) is 6.51. The van der Waals surface area contributed by atoms with Crippen molar-refractivity contribution in [3.63, 3.8) is 0 Å². The summed E-state index contributed by atoms with van der Waals surface area (Å²) in [5.41, 5.74) is -1.43. The summed E-state index contributed by atoms with van der Waals surface area (Å²) in [6.07, 6.45) is -3.89. The monoisotopic (exact) mass is 438 g/mol. The summed E-state index contributed by atoms with van der Waals surface area (Å²) < 4.78 is 70.5. The van der Waals surface area contributed by atoms with Crippen molar-refractivity contribution < 1.29 is 41.3 Å². The van der Waals surface area contributed by atoms with Crippen molar-refractivity contribution in [2.45, 2.75) is 50.3 Å². The van der Waals surface area contributed by atoms with Gasteiger partial charge in [0.05, 0.1) is 29.5 Å². The second-order valence-electron chi connectivity index (χ2n) is 7.88. The molecule has 1 aromatic rings. The third-order valence-corrected chi connectivity index (χ3v) is 5.68. The molecule has 2 heterocycles. The maximum Gasteiger partial charge on any atom is 0.422 e. The molecule has 0 radical (unpaired) electrons. The van der Waals surface area contributed by atoms with Gasteiger partial charge in [-0.1, -0.05) is 0 Å². The molecule has 1 saturated carbocycles. The number of carbonyl (C=O) groups excluding carboxylic acids is 1. The fraction of sp³-hybridized carbons (Fsp3) is 0.684. The quantitative estimate of drug-likeness (QED) is 0.662. The molecule has 168 valence electrons. The minimum absolute atomic E-state index is 0.135. The number of rotatable bonds is 7. The average molecular weight is 438 g/mol. The van der Waals surface area contributed by atoms with Crippen LogP contribution in [0.2, 0.25) is 0 Å². The van der Waals surface area contributed by atoms with Crippen LogP contribution in [0.5, 0.6) is 5.88 Å². The summed E-state index contributed by atoms with van der Waals surface area (Å²) in [4.78, 5) is 18.4. The first-order valence-corrected chi connectivity index (χ1v) is 9.58. The molecule has 6 nitrogen and oxygen atoms in total. The molecular weight excluding hydrogens is 415 g/mol. The van der Waals surface area contributed by atoms with E-state index in [4.69, 9.17) is 4.74 Å². The number of aliphatic hydroxyl groups is 1. The molecule has 0 unspecified atom stereocenters. The highest BCUT2D eigenvalue weighted by Crippen LogP contribution is 2.48. The van der Waals surface area contributed by atoms with Gasteiger partial charge in [-0.3, -0.25) is 4.79 Å². The van der Waals surface area contributed by atoms with E-state index in [0.29, 0.717) is 31.5 Å². The lowest BCUT2D eigenvalue weighted by molar-refractivity contribution is -0.154. The number of halogens is 5. The van der Waals surface area contributed by atoms with Crippen LogP contribution >= 0.6 is 0 Å². The molecule has 0 atom stereocenters. The van der Waals surface area contributed by atoms with Gasteiger partial charge in [0.25, 0.3) is 6.43 Å². The molecule has 0 bridgehead atoms. The first-order chi connectivity index (χ1) is 14.0. The Morgan fingerprint density at radius 2 is 1.87 bits per heavy atom. The molecule has 2 aliphatic rings. The number of carbonyl (C=O) groups is 1. The molecule has 1 spiro atoms. The SMILES string of the molecule is O=C1N(c2ccc(OCC(F)(F)F)nc2)CCC12CCC(O)(COCC(F)F)CC2. The number of anilines is 1.